The van der Waals surface area contributed by atoms with Crippen molar-refractivity contribution in [2.75, 3.05) is 19.8 Å². The lowest BCUT2D eigenvalue weighted by atomic mass is 10.2. The van der Waals surface area contributed by atoms with Gasteiger partial charge in [-0.2, -0.15) is 0 Å². The Balaban J connectivity index is 2.18. The quantitative estimate of drug-likeness (QED) is 0.441. The first-order chi connectivity index (χ1) is 9.18. The molecule has 1 saturated heterocycles. The van der Waals surface area contributed by atoms with Crippen LogP contribution in [0.25, 0.3) is 0 Å². The van der Waals surface area contributed by atoms with Gasteiger partial charge < -0.3 is 18.9 Å². The van der Waals surface area contributed by atoms with Crippen LogP contribution in [-0.2, 0) is 23.7 Å². The molecule has 1 fully saturated rings. The maximum atomic E-state index is 11.4. The van der Waals surface area contributed by atoms with Crippen molar-refractivity contribution in [3.63, 3.8) is 0 Å². The highest BCUT2D eigenvalue weighted by Crippen LogP contribution is 2.22. The van der Waals surface area contributed by atoms with Crippen molar-refractivity contribution < 1.29 is 23.7 Å². The van der Waals surface area contributed by atoms with E-state index in [4.69, 9.17) is 18.9 Å². The molecule has 0 unspecified atom stereocenters. The molecule has 0 N–H and O–H groups in total. The molecule has 1 heterocycles. The highest BCUT2D eigenvalue weighted by atomic mass is 16.7. The zero-order chi connectivity index (χ0) is 15.2. The summed E-state index contributed by atoms with van der Waals surface area (Å²) in [5, 5.41) is 0. The van der Waals surface area contributed by atoms with Crippen molar-refractivity contribution in [1.29, 1.82) is 0 Å². The Bertz CT molecular complexity index is 341. The van der Waals surface area contributed by atoms with Gasteiger partial charge in [0.05, 0.1) is 19.3 Å². The molecule has 20 heavy (non-hydrogen) atoms. The minimum absolute atomic E-state index is 0.0314. The van der Waals surface area contributed by atoms with Gasteiger partial charge in [0, 0.05) is 6.42 Å². The Hall–Kier alpha value is -0.910. The number of carbonyl (C=O) groups is 1. The van der Waals surface area contributed by atoms with Crippen LogP contribution in [0.1, 0.15) is 41.0 Å². The van der Waals surface area contributed by atoms with Crippen LogP contribution in [-0.4, -0.2) is 43.3 Å². The summed E-state index contributed by atoms with van der Waals surface area (Å²) in [5.41, 5.74) is -0.474. The van der Waals surface area contributed by atoms with Crippen molar-refractivity contribution in [3.05, 3.63) is 12.2 Å². The summed E-state index contributed by atoms with van der Waals surface area (Å²) >= 11 is 0. The van der Waals surface area contributed by atoms with Gasteiger partial charge in [0.15, 0.2) is 5.79 Å². The van der Waals surface area contributed by atoms with Crippen LogP contribution >= 0.6 is 0 Å². The number of ether oxygens (including phenoxy) is 4. The highest BCUT2D eigenvalue weighted by Gasteiger charge is 2.27. The summed E-state index contributed by atoms with van der Waals surface area (Å²) in [4.78, 5) is 11.4. The Morgan fingerprint density at radius 1 is 1.40 bits per heavy atom. The second kappa shape index (κ2) is 7.20. The first-order valence-electron chi connectivity index (χ1n) is 6.96. The first-order valence-corrected chi connectivity index (χ1v) is 6.96. The standard InChI is InChI=1S/C15H26O5/c1-14(2,3)20-13(16)11-17-9-6-7-12-8-10-18-15(4,5)19-12/h6-7,12H,8-11H2,1-5H3/t12-/m1/s1. The van der Waals surface area contributed by atoms with Gasteiger partial charge in [0.1, 0.15) is 12.2 Å². The third kappa shape index (κ3) is 7.62. The van der Waals surface area contributed by atoms with Crippen LogP contribution in [0.3, 0.4) is 0 Å². The zero-order valence-electron chi connectivity index (χ0n) is 13.1. The topological polar surface area (TPSA) is 54.0 Å². The molecular formula is C15H26O5. The van der Waals surface area contributed by atoms with Crippen LogP contribution in [0.5, 0.6) is 0 Å². The number of hydrogen-bond donors (Lipinski definition) is 0. The fourth-order valence-corrected chi connectivity index (χ4v) is 1.80. The average Bonchev–Trinajstić information content (AvgIpc) is 2.24. The predicted octanol–water partition coefficient (Wildman–Crippen LogP) is 2.44. The van der Waals surface area contributed by atoms with E-state index in [2.05, 4.69) is 0 Å². The van der Waals surface area contributed by atoms with E-state index in [1.54, 1.807) is 0 Å². The van der Waals surface area contributed by atoms with Gasteiger partial charge in [-0.25, -0.2) is 4.79 Å². The molecule has 0 aliphatic carbocycles. The average molecular weight is 286 g/mol. The van der Waals surface area contributed by atoms with Crippen molar-refractivity contribution in [2.24, 2.45) is 0 Å². The summed E-state index contributed by atoms with van der Waals surface area (Å²) in [6, 6.07) is 0. The third-order valence-electron chi connectivity index (χ3n) is 2.49. The van der Waals surface area contributed by atoms with E-state index in [1.165, 1.54) is 0 Å². The van der Waals surface area contributed by atoms with E-state index in [0.29, 0.717) is 13.2 Å². The van der Waals surface area contributed by atoms with E-state index in [9.17, 15) is 4.79 Å². The molecule has 5 nitrogen and oxygen atoms in total. The van der Waals surface area contributed by atoms with E-state index >= 15 is 0 Å². The van der Waals surface area contributed by atoms with E-state index in [-0.39, 0.29) is 18.7 Å². The van der Waals surface area contributed by atoms with Crippen LogP contribution in [0, 0.1) is 0 Å². The summed E-state index contributed by atoms with van der Waals surface area (Å²) < 4.78 is 21.5. The van der Waals surface area contributed by atoms with Gasteiger partial charge in [-0.1, -0.05) is 12.2 Å². The molecule has 1 aliphatic rings. The minimum Gasteiger partial charge on any atom is -0.458 e. The second-order valence-corrected chi connectivity index (χ2v) is 6.22. The third-order valence-corrected chi connectivity index (χ3v) is 2.49. The molecule has 0 aromatic rings. The summed E-state index contributed by atoms with van der Waals surface area (Å²) in [6.45, 7) is 10.3. The Morgan fingerprint density at radius 2 is 2.10 bits per heavy atom. The molecular weight excluding hydrogens is 260 g/mol. The van der Waals surface area contributed by atoms with Crippen molar-refractivity contribution >= 4 is 5.97 Å². The summed E-state index contributed by atoms with van der Waals surface area (Å²) in [7, 11) is 0. The second-order valence-electron chi connectivity index (χ2n) is 6.22. The van der Waals surface area contributed by atoms with Crippen LogP contribution < -0.4 is 0 Å². The van der Waals surface area contributed by atoms with E-state index in [1.807, 2.05) is 46.8 Å². The van der Waals surface area contributed by atoms with Crippen LogP contribution in [0.15, 0.2) is 12.2 Å². The predicted molar refractivity (Wildman–Crippen MR) is 75.3 cm³/mol. The molecule has 1 atom stereocenters. The molecule has 0 spiro atoms. The summed E-state index contributed by atoms with van der Waals surface area (Å²) in [6.07, 6.45) is 4.66. The zero-order valence-corrected chi connectivity index (χ0v) is 13.1. The normalized spacial score (nSPS) is 22.9. The lowest BCUT2D eigenvalue weighted by molar-refractivity contribution is -0.262. The molecule has 0 bridgehead atoms. The van der Waals surface area contributed by atoms with E-state index < -0.39 is 11.4 Å². The maximum Gasteiger partial charge on any atom is 0.332 e. The van der Waals surface area contributed by atoms with E-state index in [0.717, 1.165) is 6.42 Å². The largest absolute Gasteiger partial charge is 0.458 e. The van der Waals surface area contributed by atoms with Crippen LogP contribution in [0.4, 0.5) is 0 Å². The SMILES string of the molecule is CC(C)(C)OC(=O)COCC=C[C@@H]1CCOC(C)(C)O1. The number of hydrogen-bond acceptors (Lipinski definition) is 5. The molecule has 1 rings (SSSR count). The van der Waals surface area contributed by atoms with Gasteiger partial charge in [-0.15, -0.1) is 0 Å². The van der Waals surface area contributed by atoms with Crippen molar-refractivity contribution in [2.45, 2.75) is 58.5 Å². The molecule has 0 aromatic carbocycles. The number of esters is 1. The highest BCUT2D eigenvalue weighted by molar-refractivity contribution is 5.71. The van der Waals surface area contributed by atoms with Crippen molar-refractivity contribution in [1.82, 2.24) is 0 Å². The molecule has 5 heteroatoms. The first kappa shape index (κ1) is 17.1. The van der Waals surface area contributed by atoms with Gasteiger partial charge >= 0.3 is 5.97 Å². The van der Waals surface area contributed by atoms with Gasteiger partial charge in [0.25, 0.3) is 0 Å². The molecule has 0 saturated carbocycles. The van der Waals surface area contributed by atoms with Gasteiger partial charge in [-0.3, -0.25) is 0 Å². The Morgan fingerprint density at radius 3 is 2.70 bits per heavy atom. The lowest BCUT2D eigenvalue weighted by Gasteiger charge is -2.34. The molecule has 0 amide bonds. The van der Waals surface area contributed by atoms with Gasteiger partial charge in [-0.05, 0) is 34.6 Å². The number of rotatable bonds is 5. The van der Waals surface area contributed by atoms with Gasteiger partial charge in [0.2, 0.25) is 0 Å². The maximum absolute atomic E-state index is 11.4. The smallest absolute Gasteiger partial charge is 0.332 e. The molecule has 1 aliphatic heterocycles. The molecule has 0 aromatic heterocycles. The minimum atomic E-state index is -0.537. The molecule has 0 radical (unpaired) electrons. The summed E-state index contributed by atoms with van der Waals surface area (Å²) in [5.74, 6) is -0.890. The Labute approximate surface area is 121 Å². The lowest BCUT2D eigenvalue weighted by Crippen LogP contribution is -2.38. The Kier molecular flexibility index (Phi) is 6.17. The number of carbonyl (C=O) groups excluding carboxylic acids is 1. The van der Waals surface area contributed by atoms with Crippen LogP contribution in [0.2, 0.25) is 0 Å². The fraction of sp³-hybridized carbons (Fsp3) is 0.800. The molecule has 116 valence electrons. The monoisotopic (exact) mass is 286 g/mol. The fourth-order valence-electron chi connectivity index (χ4n) is 1.80. The van der Waals surface area contributed by atoms with Crippen molar-refractivity contribution in [3.8, 4) is 0 Å².